The number of hydrogen-bond donors (Lipinski definition) is 1. The van der Waals surface area contributed by atoms with Crippen LogP contribution in [0.1, 0.15) is 16.1 Å². The maximum Gasteiger partial charge on any atom is 0.270 e. The van der Waals surface area contributed by atoms with E-state index in [-0.39, 0.29) is 17.2 Å². The van der Waals surface area contributed by atoms with Crippen molar-refractivity contribution in [2.45, 2.75) is 6.54 Å². The Labute approximate surface area is 115 Å². The SMILES string of the molecule is CN(Cc1ccc(Cl)cc1)C(=O)c1cccc(=O)[nH]1. The highest BCUT2D eigenvalue weighted by atomic mass is 35.5. The Morgan fingerprint density at radius 3 is 2.53 bits per heavy atom. The van der Waals surface area contributed by atoms with Crippen LogP contribution in [0.4, 0.5) is 0 Å². The highest BCUT2D eigenvalue weighted by Crippen LogP contribution is 2.11. The lowest BCUT2D eigenvalue weighted by atomic mass is 10.2. The molecule has 98 valence electrons. The zero-order chi connectivity index (χ0) is 13.8. The number of amides is 1. The van der Waals surface area contributed by atoms with Crippen molar-refractivity contribution < 1.29 is 4.79 Å². The molecular weight excluding hydrogens is 264 g/mol. The number of nitrogens with one attached hydrogen (secondary N) is 1. The summed E-state index contributed by atoms with van der Waals surface area (Å²) >= 11 is 5.80. The average Bonchev–Trinajstić information content (AvgIpc) is 2.40. The number of benzene rings is 1. The van der Waals surface area contributed by atoms with Crippen molar-refractivity contribution >= 4 is 17.5 Å². The Bertz CT molecular complexity index is 634. The molecule has 0 fully saturated rings. The minimum atomic E-state index is -0.286. The van der Waals surface area contributed by atoms with Gasteiger partial charge in [-0.05, 0) is 23.8 Å². The third-order valence-electron chi connectivity index (χ3n) is 2.68. The van der Waals surface area contributed by atoms with Gasteiger partial charge in [-0.15, -0.1) is 0 Å². The first kappa shape index (κ1) is 13.4. The number of carbonyl (C=O) groups excluding carboxylic acids is 1. The normalized spacial score (nSPS) is 10.2. The summed E-state index contributed by atoms with van der Waals surface area (Å²) in [5, 5.41) is 0.658. The fraction of sp³-hybridized carbons (Fsp3) is 0.143. The molecule has 0 aliphatic rings. The number of halogens is 1. The number of H-pyrrole nitrogens is 1. The molecule has 1 aromatic heterocycles. The Morgan fingerprint density at radius 2 is 1.89 bits per heavy atom. The van der Waals surface area contributed by atoms with Gasteiger partial charge in [0.2, 0.25) is 5.56 Å². The summed E-state index contributed by atoms with van der Waals surface area (Å²) in [5.41, 5.74) is 0.966. The van der Waals surface area contributed by atoms with Crippen LogP contribution in [0.25, 0.3) is 0 Å². The van der Waals surface area contributed by atoms with E-state index >= 15 is 0 Å². The Balaban J connectivity index is 2.11. The van der Waals surface area contributed by atoms with Crippen LogP contribution < -0.4 is 5.56 Å². The van der Waals surface area contributed by atoms with Crippen molar-refractivity contribution in [2.24, 2.45) is 0 Å². The van der Waals surface area contributed by atoms with Gasteiger partial charge in [0.25, 0.3) is 5.91 Å². The van der Waals surface area contributed by atoms with E-state index in [1.165, 1.54) is 11.0 Å². The van der Waals surface area contributed by atoms with Crippen LogP contribution >= 0.6 is 11.6 Å². The molecule has 4 nitrogen and oxygen atoms in total. The van der Waals surface area contributed by atoms with Crippen LogP contribution in [0.3, 0.4) is 0 Å². The van der Waals surface area contributed by atoms with Gasteiger partial charge < -0.3 is 9.88 Å². The summed E-state index contributed by atoms with van der Waals surface area (Å²) in [6.45, 7) is 0.451. The van der Waals surface area contributed by atoms with Gasteiger partial charge in [0, 0.05) is 24.7 Å². The van der Waals surface area contributed by atoms with Crippen LogP contribution in [-0.4, -0.2) is 22.8 Å². The monoisotopic (exact) mass is 276 g/mol. The third-order valence-corrected chi connectivity index (χ3v) is 2.93. The highest BCUT2D eigenvalue weighted by molar-refractivity contribution is 6.30. The van der Waals surface area contributed by atoms with Crippen LogP contribution in [0, 0.1) is 0 Å². The lowest BCUT2D eigenvalue weighted by Crippen LogP contribution is -2.28. The molecule has 0 unspecified atom stereocenters. The summed E-state index contributed by atoms with van der Waals surface area (Å²) in [6, 6.07) is 11.8. The maximum absolute atomic E-state index is 12.1. The molecule has 0 aliphatic heterocycles. The number of nitrogens with zero attached hydrogens (tertiary/aromatic N) is 1. The maximum atomic E-state index is 12.1. The van der Waals surface area contributed by atoms with Crippen molar-refractivity contribution in [2.75, 3.05) is 7.05 Å². The molecule has 0 saturated heterocycles. The molecule has 1 N–H and O–H groups in total. The number of pyridine rings is 1. The smallest absolute Gasteiger partial charge is 0.270 e. The molecule has 1 amide bonds. The van der Waals surface area contributed by atoms with E-state index in [1.54, 1.807) is 31.3 Å². The number of aromatic nitrogens is 1. The highest BCUT2D eigenvalue weighted by Gasteiger charge is 2.12. The van der Waals surface area contributed by atoms with Crippen LogP contribution in [-0.2, 0) is 6.54 Å². The van der Waals surface area contributed by atoms with E-state index in [4.69, 9.17) is 11.6 Å². The van der Waals surface area contributed by atoms with Gasteiger partial charge in [0.1, 0.15) is 5.69 Å². The van der Waals surface area contributed by atoms with Crippen molar-refractivity contribution in [1.29, 1.82) is 0 Å². The average molecular weight is 277 g/mol. The molecule has 2 rings (SSSR count). The summed E-state index contributed by atoms with van der Waals surface area (Å²) in [7, 11) is 1.68. The largest absolute Gasteiger partial charge is 0.336 e. The van der Waals surface area contributed by atoms with Crippen molar-refractivity contribution in [1.82, 2.24) is 9.88 Å². The van der Waals surface area contributed by atoms with E-state index in [0.29, 0.717) is 11.6 Å². The van der Waals surface area contributed by atoms with Gasteiger partial charge in [0.05, 0.1) is 0 Å². The van der Waals surface area contributed by atoms with Crippen molar-refractivity contribution in [3.8, 4) is 0 Å². The lowest BCUT2D eigenvalue weighted by molar-refractivity contribution is 0.0779. The summed E-state index contributed by atoms with van der Waals surface area (Å²) < 4.78 is 0. The molecule has 5 heteroatoms. The molecule has 0 spiro atoms. The topological polar surface area (TPSA) is 53.2 Å². The third kappa shape index (κ3) is 3.45. The van der Waals surface area contributed by atoms with Gasteiger partial charge in [-0.1, -0.05) is 29.8 Å². The Kier molecular flexibility index (Phi) is 4.02. The number of carbonyl (C=O) groups is 1. The fourth-order valence-corrected chi connectivity index (χ4v) is 1.84. The molecule has 0 radical (unpaired) electrons. The molecule has 0 aliphatic carbocycles. The van der Waals surface area contributed by atoms with Gasteiger partial charge in [-0.2, -0.15) is 0 Å². The summed E-state index contributed by atoms with van der Waals surface area (Å²) in [4.78, 5) is 27.3. The quantitative estimate of drug-likeness (QED) is 0.935. The van der Waals surface area contributed by atoms with Crippen LogP contribution in [0.5, 0.6) is 0 Å². The van der Waals surface area contributed by atoms with Gasteiger partial charge in [-0.3, -0.25) is 9.59 Å². The standard InChI is InChI=1S/C14H13ClN2O2/c1-17(9-10-5-7-11(15)8-6-10)14(19)12-3-2-4-13(18)16-12/h2-8H,9H2,1H3,(H,16,18). The van der Waals surface area contributed by atoms with Gasteiger partial charge in [0.15, 0.2) is 0 Å². The van der Waals surface area contributed by atoms with E-state index in [9.17, 15) is 9.59 Å². The van der Waals surface area contributed by atoms with Crippen LogP contribution in [0.15, 0.2) is 47.3 Å². The van der Waals surface area contributed by atoms with E-state index < -0.39 is 0 Å². The lowest BCUT2D eigenvalue weighted by Gasteiger charge is -2.17. The van der Waals surface area contributed by atoms with Crippen LogP contribution in [0.2, 0.25) is 5.02 Å². The number of rotatable bonds is 3. The second kappa shape index (κ2) is 5.71. The minimum absolute atomic E-state index is 0.229. The molecule has 1 aromatic carbocycles. The predicted octanol–water partition coefficient (Wildman–Crippen LogP) is 2.30. The minimum Gasteiger partial charge on any atom is -0.336 e. The zero-order valence-corrected chi connectivity index (χ0v) is 11.1. The molecule has 0 saturated carbocycles. The zero-order valence-electron chi connectivity index (χ0n) is 10.4. The Hall–Kier alpha value is -2.07. The summed E-state index contributed by atoms with van der Waals surface area (Å²) in [5.74, 6) is -0.229. The van der Waals surface area contributed by atoms with Gasteiger partial charge in [-0.25, -0.2) is 0 Å². The fourth-order valence-electron chi connectivity index (χ4n) is 1.71. The first-order valence-corrected chi connectivity index (χ1v) is 6.13. The molecule has 0 bridgehead atoms. The number of aromatic amines is 1. The van der Waals surface area contributed by atoms with Crippen molar-refractivity contribution in [3.63, 3.8) is 0 Å². The van der Waals surface area contributed by atoms with E-state index in [2.05, 4.69) is 4.98 Å². The van der Waals surface area contributed by atoms with E-state index in [1.807, 2.05) is 12.1 Å². The predicted molar refractivity (Wildman–Crippen MR) is 74.3 cm³/mol. The summed E-state index contributed by atoms with van der Waals surface area (Å²) in [6.07, 6.45) is 0. The number of hydrogen-bond acceptors (Lipinski definition) is 2. The first-order valence-electron chi connectivity index (χ1n) is 5.75. The second-order valence-corrected chi connectivity index (χ2v) is 4.65. The molecule has 2 aromatic rings. The van der Waals surface area contributed by atoms with E-state index in [0.717, 1.165) is 5.56 Å². The molecular formula is C14H13ClN2O2. The molecule has 1 heterocycles. The molecule has 19 heavy (non-hydrogen) atoms. The first-order chi connectivity index (χ1) is 9.06. The Morgan fingerprint density at radius 1 is 1.21 bits per heavy atom. The van der Waals surface area contributed by atoms with Gasteiger partial charge >= 0.3 is 0 Å². The molecule has 0 atom stereocenters. The second-order valence-electron chi connectivity index (χ2n) is 4.22. The van der Waals surface area contributed by atoms with Crippen molar-refractivity contribution in [3.05, 3.63) is 69.1 Å².